The largest absolute Gasteiger partial charge is 0.351 e. The third-order valence-corrected chi connectivity index (χ3v) is 12.2. The molecule has 0 saturated carbocycles. The van der Waals surface area contributed by atoms with Gasteiger partial charge in [-0.15, -0.1) is 0 Å². The molecule has 4 aromatic heterocycles. The molecule has 2 aliphatic heterocycles. The lowest BCUT2D eigenvalue weighted by atomic mass is 10.1. The smallest absolute Gasteiger partial charge is 0.259 e. The van der Waals surface area contributed by atoms with Gasteiger partial charge in [0.2, 0.25) is 11.9 Å². The number of piperidine rings is 2. The first kappa shape index (κ1) is 41.2. The van der Waals surface area contributed by atoms with Crippen molar-refractivity contribution in [3.05, 3.63) is 104 Å². The fourth-order valence-corrected chi connectivity index (χ4v) is 8.37. The molecule has 17 heteroatoms. The van der Waals surface area contributed by atoms with Gasteiger partial charge >= 0.3 is 0 Å². The number of sulfone groups is 1. The molecule has 2 saturated heterocycles. The van der Waals surface area contributed by atoms with Crippen LogP contribution in [0.4, 0.5) is 11.9 Å². The van der Waals surface area contributed by atoms with Crippen molar-refractivity contribution in [2.75, 3.05) is 55.4 Å². The van der Waals surface area contributed by atoms with Crippen molar-refractivity contribution in [3.8, 4) is 22.3 Å². The highest BCUT2D eigenvalue weighted by Crippen LogP contribution is 2.29. The Morgan fingerprint density at radius 1 is 0.707 bits per heavy atom. The molecule has 2 fully saturated rings. The summed E-state index contributed by atoms with van der Waals surface area (Å²) in [6, 6.07) is 18.7. The van der Waals surface area contributed by atoms with E-state index in [-0.39, 0.29) is 22.9 Å². The lowest BCUT2D eigenvalue weighted by Crippen LogP contribution is -2.41. The average Bonchev–Trinajstić information content (AvgIpc) is 3.22. The van der Waals surface area contributed by atoms with Crippen LogP contribution >= 0.6 is 23.2 Å². The van der Waals surface area contributed by atoms with E-state index in [9.17, 15) is 18.0 Å². The zero-order chi connectivity index (χ0) is 41.0. The summed E-state index contributed by atoms with van der Waals surface area (Å²) in [5.41, 5.74) is 3.32. The Balaban J connectivity index is 0.000000180. The van der Waals surface area contributed by atoms with Gasteiger partial charge in [0.25, 0.3) is 11.1 Å². The molecule has 0 bridgehead atoms. The SMILES string of the molecule is Cn1c(=O)c(-c2ccccc2Cl)cc2cnc(NC3CCN(CCS(C)(=O)=O)CC3)nc21.Cn1c(=O)c(-c2ccccc2Cl)cc2cnc(NC3CCNCC3)nc21. The van der Waals surface area contributed by atoms with Crippen molar-refractivity contribution in [2.45, 2.75) is 37.8 Å². The van der Waals surface area contributed by atoms with E-state index in [2.05, 4.69) is 40.8 Å². The van der Waals surface area contributed by atoms with Gasteiger partial charge in [-0.2, -0.15) is 9.97 Å². The molecule has 3 N–H and O–H groups in total. The second-order valence-electron chi connectivity index (χ2n) is 14.8. The molecule has 304 valence electrons. The van der Waals surface area contributed by atoms with E-state index >= 15 is 0 Å². The molecule has 0 amide bonds. The number of nitrogens with zero attached hydrogens (tertiary/aromatic N) is 7. The number of rotatable bonds is 9. The standard InChI is InChI=1S/C22H26ClN5O3S.C19H20ClN5O/c1-27-20-15(13-18(21(27)29)17-5-3-4-6-19(17)23)14-24-22(26-20)25-16-7-9-28(10-8-16)11-12-32(2,30)31;1-25-17-12(10-15(18(25)26)14-4-2-3-5-16(14)20)11-22-19(24-17)23-13-6-8-21-9-7-13/h3-6,13-14,16H,7-12H2,1-2H3,(H,24,25,26);2-5,10-11,13,21H,6-9H2,1H3,(H,22,23,24). The van der Waals surface area contributed by atoms with Crippen LogP contribution in [0.2, 0.25) is 10.0 Å². The number of hydrogen-bond donors (Lipinski definition) is 3. The zero-order valence-corrected chi connectivity index (χ0v) is 34.9. The highest BCUT2D eigenvalue weighted by Gasteiger charge is 2.22. The summed E-state index contributed by atoms with van der Waals surface area (Å²) in [7, 11) is 0.475. The predicted octanol–water partition coefficient (Wildman–Crippen LogP) is 5.38. The van der Waals surface area contributed by atoms with Crippen molar-refractivity contribution in [2.24, 2.45) is 14.1 Å². The van der Waals surface area contributed by atoms with Gasteiger partial charge in [0.05, 0.1) is 5.75 Å². The molecule has 2 aliphatic rings. The third-order valence-electron chi connectivity index (χ3n) is 10.6. The van der Waals surface area contributed by atoms with Gasteiger partial charge in [0.15, 0.2) is 0 Å². The van der Waals surface area contributed by atoms with Crippen molar-refractivity contribution < 1.29 is 8.42 Å². The van der Waals surface area contributed by atoms with E-state index in [0.29, 0.717) is 68.1 Å². The van der Waals surface area contributed by atoms with E-state index in [1.807, 2.05) is 42.5 Å². The maximum Gasteiger partial charge on any atom is 0.259 e. The van der Waals surface area contributed by atoms with Crippen LogP contribution in [0.3, 0.4) is 0 Å². The van der Waals surface area contributed by atoms with Crippen LogP contribution in [0.15, 0.2) is 82.6 Å². The molecule has 14 nitrogen and oxygen atoms in total. The third kappa shape index (κ3) is 9.67. The first-order valence-corrected chi connectivity index (χ1v) is 22.0. The van der Waals surface area contributed by atoms with Gasteiger partial charge in [-0.1, -0.05) is 59.6 Å². The number of halogens is 2. The minimum atomic E-state index is -2.95. The van der Waals surface area contributed by atoms with Gasteiger partial charge < -0.3 is 20.9 Å². The lowest BCUT2D eigenvalue weighted by molar-refractivity contribution is 0.230. The van der Waals surface area contributed by atoms with E-state index in [1.54, 1.807) is 49.3 Å². The van der Waals surface area contributed by atoms with Gasteiger partial charge in [-0.3, -0.25) is 18.7 Å². The number of aryl methyl sites for hydroxylation is 2. The highest BCUT2D eigenvalue weighted by molar-refractivity contribution is 7.90. The Morgan fingerprint density at radius 2 is 1.16 bits per heavy atom. The Labute approximate surface area is 346 Å². The molecule has 6 heterocycles. The number of hydrogen-bond acceptors (Lipinski definition) is 12. The number of likely N-dealkylation sites (tertiary alicyclic amines) is 1. The maximum absolute atomic E-state index is 13.0. The molecule has 0 atom stereocenters. The summed E-state index contributed by atoms with van der Waals surface area (Å²) in [5.74, 6) is 1.22. The number of aromatic nitrogens is 6. The van der Waals surface area contributed by atoms with Crippen LogP contribution in [0, 0.1) is 0 Å². The van der Waals surface area contributed by atoms with E-state index < -0.39 is 9.84 Å². The van der Waals surface area contributed by atoms with Gasteiger partial charge in [0, 0.05) is 108 Å². The molecule has 0 radical (unpaired) electrons. The molecular weight excluding hydrogens is 799 g/mol. The number of nitrogens with one attached hydrogen (secondary N) is 3. The number of pyridine rings is 2. The average molecular weight is 846 g/mol. The van der Waals surface area contributed by atoms with E-state index in [0.717, 1.165) is 62.6 Å². The zero-order valence-electron chi connectivity index (χ0n) is 32.6. The minimum Gasteiger partial charge on any atom is -0.351 e. The summed E-state index contributed by atoms with van der Waals surface area (Å²) in [4.78, 5) is 46.1. The Kier molecular flexibility index (Phi) is 12.7. The van der Waals surface area contributed by atoms with Crippen LogP contribution < -0.4 is 27.1 Å². The second-order valence-corrected chi connectivity index (χ2v) is 17.9. The quantitative estimate of drug-likeness (QED) is 0.170. The predicted molar refractivity (Wildman–Crippen MR) is 233 cm³/mol. The monoisotopic (exact) mass is 844 g/mol. The van der Waals surface area contributed by atoms with Crippen LogP contribution in [-0.4, -0.2) is 99.2 Å². The molecule has 0 aliphatic carbocycles. The molecule has 6 aromatic rings. The molecule has 0 spiro atoms. The Morgan fingerprint density at radius 3 is 1.60 bits per heavy atom. The van der Waals surface area contributed by atoms with E-state index in [1.165, 1.54) is 10.8 Å². The molecule has 58 heavy (non-hydrogen) atoms. The first-order valence-electron chi connectivity index (χ1n) is 19.2. The Bertz CT molecular complexity index is 2680. The van der Waals surface area contributed by atoms with Crippen LogP contribution in [0.1, 0.15) is 25.7 Å². The van der Waals surface area contributed by atoms with Gasteiger partial charge in [-0.05, 0) is 63.0 Å². The summed E-state index contributed by atoms with van der Waals surface area (Å²) in [6.07, 6.45) is 8.54. The maximum atomic E-state index is 13.0. The van der Waals surface area contributed by atoms with Gasteiger partial charge in [-0.25, -0.2) is 18.4 Å². The fraction of sp³-hybridized carbons (Fsp3) is 0.366. The van der Waals surface area contributed by atoms with Crippen LogP contribution in [0.25, 0.3) is 44.3 Å². The Hall–Kier alpha value is -4.93. The second kappa shape index (κ2) is 17.9. The van der Waals surface area contributed by atoms with Crippen LogP contribution in [-0.2, 0) is 23.9 Å². The fourth-order valence-electron chi connectivity index (χ4n) is 7.30. The normalized spacial score (nSPS) is 15.6. The summed E-state index contributed by atoms with van der Waals surface area (Å²) < 4.78 is 25.8. The summed E-state index contributed by atoms with van der Waals surface area (Å²) in [6.45, 7) is 4.19. The van der Waals surface area contributed by atoms with Crippen LogP contribution in [0.5, 0.6) is 0 Å². The van der Waals surface area contributed by atoms with E-state index in [4.69, 9.17) is 23.2 Å². The van der Waals surface area contributed by atoms with Crippen molar-refractivity contribution >= 4 is 67.0 Å². The van der Waals surface area contributed by atoms with Crippen molar-refractivity contribution in [1.29, 1.82) is 0 Å². The number of benzene rings is 2. The lowest BCUT2D eigenvalue weighted by Gasteiger charge is -2.32. The summed E-state index contributed by atoms with van der Waals surface area (Å²) in [5, 5.41) is 12.7. The molecule has 8 rings (SSSR count). The number of fused-ring (bicyclic) bond motifs is 2. The van der Waals surface area contributed by atoms with Crippen molar-refractivity contribution in [1.82, 2.24) is 39.3 Å². The molecule has 0 unspecified atom stereocenters. The first-order chi connectivity index (χ1) is 27.8. The molecular formula is C41H46Cl2N10O4S. The summed E-state index contributed by atoms with van der Waals surface area (Å²) >= 11 is 12.6. The minimum absolute atomic E-state index is 0.128. The topological polar surface area (TPSA) is 169 Å². The number of anilines is 2. The van der Waals surface area contributed by atoms with Crippen molar-refractivity contribution in [3.63, 3.8) is 0 Å². The highest BCUT2D eigenvalue weighted by atomic mass is 35.5. The van der Waals surface area contributed by atoms with Gasteiger partial charge in [0.1, 0.15) is 21.1 Å². The molecule has 2 aromatic carbocycles.